The van der Waals surface area contributed by atoms with Crippen molar-refractivity contribution in [3.63, 3.8) is 0 Å². The maximum absolute atomic E-state index is 13.0. The Morgan fingerprint density at radius 2 is 0.909 bits per heavy atom. The van der Waals surface area contributed by atoms with Crippen molar-refractivity contribution in [1.82, 2.24) is 0 Å². The van der Waals surface area contributed by atoms with Crippen LogP contribution in [0, 0.1) is 0 Å². The zero-order valence-corrected chi connectivity index (χ0v) is 40.4. The van der Waals surface area contributed by atoms with E-state index in [9.17, 15) is 45.3 Å². The summed E-state index contributed by atoms with van der Waals surface area (Å²) in [6, 6.07) is 0. The molecule has 0 saturated carbocycles. The Morgan fingerprint density at radius 1 is 0.485 bits per heavy atom. The molecule has 0 aromatic rings. The van der Waals surface area contributed by atoms with Crippen molar-refractivity contribution in [2.24, 2.45) is 0 Å². The van der Waals surface area contributed by atoms with Crippen LogP contribution in [0.5, 0.6) is 0 Å². The Kier molecular flexibility index (Phi) is 35.0. The molecule has 0 bridgehead atoms. The lowest BCUT2D eigenvalue weighted by molar-refractivity contribution is -0.332. The van der Waals surface area contributed by atoms with E-state index in [0.717, 1.165) is 83.5 Å². The number of carbonyl (C=O) groups excluding carboxylic acids is 2. The van der Waals surface area contributed by atoms with E-state index in [-0.39, 0.29) is 26.1 Å². The fraction of sp³-hybridized carbons (Fsp3) is 0.843. The lowest BCUT2D eigenvalue weighted by atomic mass is 9.98. The van der Waals surface area contributed by atoms with E-state index in [4.69, 9.17) is 28.4 Å². The van der Waals surface area contributed by atoms with Crippen LogP contribution in [0.15, 0.2) is 36.5 Å². The van der Waals surface area contributed by atoms with Crippen molar-refractivity contribution in [3.05, 3.63) is 36.5 Å². The molecule has 2 heterocycles. The van der Waals surface area contributed by atoms with E-state index >= 15 is 0 Å². The van der Waals surface area contributed by atoms with Crippen LogP contribution in [-0.2, 0) is 38.0 Å². The number of carbonyl (C=O) groups is 2. The highest BCUT2D eigenvalue weighted by Crippen LogP contribution is 2.26. The van der Waals surface area contributed by atoms with E-state index in [1.807, 2.05) is 0 Å². The van der Waals surface area contributed by atoms with Gasteiger partial charge in [0.2, 0.25) is 0 Å². The van der Waals surface area contributed by atoms with Gasteiger partial charge < -0.3 is 64.2 Å². The molecule has 0 spiro atoms. The normalized spacial score (nSPS) is 26.4. The van der Waals surface area contributed by atoms with Gasteiger partial charge in [0.25, 0.3) is 0 Å². The van der Waals surface area contributed by atoms with Crippen molar-refractivity contribution < 1.29 is 73.8 Å². The van der Waals surface area contributed by atoms with Crippen LogP contribution in [0.2, 0.25) is 0 Å². The Labute approximate surface area is 395 Å². The number of rotatable bonds is 39. The van der Waals surface area contributed by atoms with Gasteiger partial charge in [-0.25, -0.2) is 0 Å². The number of esters is 2. The summed E-state index contributed by atoms with van der Waals surface area (Å²) in [5.41, 5.74) is 0. The quantitative estimate of drug-likeness (QED) is 0.0188. The third-order valence-corrected chi connectivity index (χ3v) is 12.1. The maximum atomic E-state index is 13.0. The first-order chi connectivity index (χ1) is 32.0. The molecular weight excluding hydrogens is 853 g/mol. The van der Waals surface area contributed by atoms with E-state index in [2.05, 4.69) is 50.3 Å². The molecule has 0 radical (unpaired) electrons. The zero-order valence-electron chi connectivity index (χ0n) is 40.4. The molecule has 2 saturated heterocycles. The summed E-state index contributed by atoms with van der Waals surface area (Å²) < 4.78 is 33.5. The molecule has 0 aromatic heterocycles. The topological polar surface area (TPSA) is 231 Å². The molecule has 0 aliphatic carbocycles. The Morgan fingerprint density at radius 3 is 1.44 bits per heavy atom. The second kappa shape index (κ2) is 38.6. The number of hydrogen-bond acceptors (Lipinski definition) is 15. The summed E-state index contributed by atoms with van der Waals surface area (Å²) in [4.78, 5) is 25.7. The molecule has 11 unspecified atom stereocenters. The SMILES string of the molecule is CCCCCC/C=C\C/C=C\CCCCCCCC(=O)OC(COC(=O)CCCCCCC/C=C\CCCCCCC)COC1OC(COC2OC(CO)C(O)C(O)C2O)C(O)C(O)C1O. The lowest BCUT2D eigenvalue weighted by Gasteiger charge is -2.42. The summed E-state index contributed by atoms with van der Waals surface area (Å²) >= 11 is 0. The average Bonchev–Trinajstić information content (AvgIpc) is 3.31. The first-order valence-corrected chi connectivity index (χ1v) is 25.6. The molecule has 0 aromatic carbocycles. The van der Waals surface area contributed by atoms with Crippen molar-refractivity contribution in [3.8, 4) is 0 Å². The molecule has 11 atom stereocenters. The van der Waals surface area contributed by atoms with E-state index in [1.165, 1.54) is 57.8 Å². The van der Waals surface area contributed by atoms with Crippen molar-refractivity contribution >= 4 is 11.9 Å². The zero-order chi connectivity index (χ0) is 48.2. The van der Waals surface area contributed by atoms with Crippen molar-refractivity contribution in [2.45, 2.75) is 248 Å². The summed E-state index contributed by atoms with van der Waals surface area (Å²) in [5.74, 6) is -0.950. The molecule has 2 rings (SSSR count). The summed E-state index contributed by atoms with van der Waals surface area (Å²) in [5, 5.41) is 72.0. The molecule has 7 N–H and O–H groups in total. The molecule has 15 nitrogen and oxygen atoms in total. The molecule has 2 aliphatic rings. The molecule has 2 fully saturated rings. The van der Waals surface area contributed by atoms with Gasteiger partial charge in [0.15, 0.2) is 18.7 Å². The van der Waals surface area contributed by atoms with E-state index in [1.54, 1.807) is 0 Å². The fourth-order valence-corrected chi connectivity index (χ4v) is 7.83. The molecular formula is C51H90O15. The van der Waals surface area contributed by atoms with E-state index in [0.29, 0.717) is 12.8 Å². The van der Waals surface area contributed by atoms with Gasteiger partial charge in [0, 0.05) is 12.8 Å². The van der Waals surface area contributed by atoms with Crippen LogP contribution in [0.4, 0.5) is 0 Å². The number of hydrogen-bond donors (Lipinski definition) is 7. The molecule has 384 valence electrons. The highest BCUT2D eigenvalue weighted by atomic mass is 16.7. The second-order valence-electron chi connectivity index (χ2n) is 18.0. The predicted octanol–water partition coefficient (Wildman–Crippen LogP) is 6.93. The van der Waals surface area contributed by atoms with Crippen LogP contribution in [-0.4, -0.2) is 142 Å². The Hall–Kier alpha value is -2.28. The standard InChI is InChI=1S/C51H90O15/c1-3-5-7-9-11-13-15-17-19-20-22-24-26-28-30-32-34-43(54)64-39(36-61-42(53)33-31-29-27-25-23-21-18-16-14-12-10-8-6-4-2)37-62-50-49(60)47(58)45(56)41(66-50)38-63-51-48(59)46(57)44(55)40(35-52)65-51/h13,15-16,18-20,39-41,44-52,55-60H,3-12,14,17,21-38H2,1-2H3/b15-13-,18-16-,20-19-. The van der Waals surface area contributed by atoms with Crippen LogP contribution in [0.25, 0.3) is 0 Å². The monoisotopic (exact) mass is 943 g/mol. The van der Waals surface area contributed by atoms with Crippen LogP contribution in [0.3, 0.4) is 0 Å². The number of ether oxygens (including phenoxy) is 6. The van der Waals surface area contributed by atoms with Crippen molar-refractivity contribution in [1.29, 1.82) is 0 Å². The maximum Gasteiger partial charge on any atom is 0.306 e. The third kappa shape index (κ3) is 26.5. The molecule has 66 heavy (non-hydrogen) atoms. The number of unbranched alkanes of at least 4 members (excludes halogenated alkanes) is 19. The highest BCUT2D eigenvalue weighted by Gasteiger charge is 2.47. The summed E-state index contributed by atoms with van der Waals surface area (Å²) in [6.45, 7) is 2.54. The minimum absolute atomic E-state index is 0.148. The Bertz CT molecular complexity index is 1290. The van der Waals surface area contributed by atoms with Crippen LogP contribution >= 0.6 is 0 Å². The van der Waals surface area contributed by atoms with E-state index < -0.39 is 92.7 Å². The number of aliphatic hydroxyl groups excluding tert-OH is 7. The number of allylic oxidation sites excluding steroid dienone is 6. The van der Waals surface area contributed by atoms with Gasteiger partial charge in [-0.05, 0) is 70.6 Å². The van der Waals surface area contributed by atoms with Gasteiger partial charge in [-0.15, -0.1) is 0 Å². The van der Waals surface area contributed by atoms with Crippen LogP contribution < -0.4 is 0 Å². The smallest absolute Gasteiger partial charge is 0.306 e. The molecule has 0 amide bonds. The van der Waals surface area contributed by atoms with Gasteiger partial charge in [-0.3, -0.25) is 9.59 Å². The molecule has 2 aliphatic heterocycles. The predicted molar refractivity (Wildman–Crippen MR) is 252 cm³/mol. The van der Waals surface area contributed by atoms with Crippen LogP contribution in [0.1, 0.15) is 181 Å². The Balaban J connectivity index is 1.83. The highest BCUT2D eigenvalue weighted by molar-refractivity contribution is 5.70. The second-order valence-corrected chi connectivity index (χ2v) is 18.0. The van der Waals surface area contributed by atoms with Crippen molar-refractivity contribution in [2.75, 3.05) is 26.4 Å². The number of aliphatic hydroxyl groups is 7. The minimum Gasteiger partial charge on any atom is -0.462 e. The molecule has 15 heteroatoms. The first-order valence-electron chi connectivity index (χ1n) is 25.6. The van der Waals surface area contributed by atoms with Gasteiger partial charge in [0.1, 0.15) is 55.4 Å². The van der Waals surface area contributed by atoms with Gasteiger partial charge in [-0.1, -0.05) is 134 Å². The minimum atomic E-state index is -1.77. The lowest BCUT2D eigenvalue weighted by Crippen LogP contribution is -2.61. The summed E-state index contributed by atoms with van der Waals surface area (Å²) in [6.07, 6.45) is 23.1. The largest absolute Gasteiger partial charge is 0.462 e. The van der Waals surface area contributed by atoms with Gasteiger partial charge in [-0.2, -0.15) is 0 Å². The fourth-order valence-electron chi connectivity index (χ4n) is 7.83. The summed E-state index contributed by atoms with van der Waals surface area (Å²) in [7, 11) is 0. The first kappa shape index (κ1) is 59.8. The third-order valence-electron chi connectivity index (χ3n) is 12.1. The van der Waals surface area contributed by atoms with Gasteiger partial charge in [0.05, 0.1) is 19.8 Å². The van der Waals surface area contributed by atoms with Gasteiger partial charge >= 0.3 is 11.9 Å². The average molecular weight is 943 g/mol.